The zero-order chi connectivity index (χ0) is 15.5. The van der Waals surface area contributed by atoms with Gasteiger partial charge >= 0.3 is 7.12 Å². The molecular formula is C16H21BN2O3. The Labute approximate surface area is 130 Å². The van der Waals surface area contributed by atoms with Crippen LogP contribution in [0, 0.1) is 0 Å². The minimum absolute atomic E-state index is 0.332. The topological polar surface area (TPSA) is 45.5 Å². The summed E-state index contributed by atoms with van der Waals surface area (Å²) in [5, 5.41) is 5.62. The number of benzene rings is 1. The van der Waals surface area contributed by atoms with Crippen LogP contribution in [-0.2, 0) is 15.9 Å². The summed E-state index contributed by atoms with van der Waals surface area (Å²) in [5.41, 5.74) is 1.30. The van der Waals surface area contributed by atoms with E-state index in [1.165, 1.54) is 0 Å². The van der Waals surface area contributed by atoms with Crippen LogP contribution in [0.15, 0.2) is 18.2 Å². The van der Waals surface area contributed by atoms with E-state index >= 15 is 0 Å². The summed E-state index contributed by atoms with van der Waals surface area (Å²) in [6.07, 6.45) is 1.01. The Morgan fingerprint density at radius 1 is 1.14 bits per heavy atom. The third kappa shape index (κ3) is 1.97. The van der Waals surface area contributed by atoms with Crippen molar-refractivity contribution in [1.29, 1.82) is 0 Å². The first-order chi connectivity index (χ1) is 10.4. The van der Waals surface area contributed by atoms with Gasteiger partial charge in [-0.15, -0.1) is 0 Å². The molecule has 0 spiro atoms. The standard InChI is InChI=1S/C16H21BN2O3/c1-15(2)16(3,4)22-17(21-15)11-6-7-13-12(10-11)14-19(18-13)8-5-9-20-14/h6-7,10H,5,8-9H2,1-4H3. The predicted octanol–water partition coefficient (Wildman–Crippen LogP) is 2.12. The second kappa shape index (κ2) is 4.49. The summed E-state index contributed by atoms with van der Waals surface area (Å²) in [4.78, 5) is 0. The van der Waals surface area contributed by atoms with Crippen LogP contribution in [0.3, 0.4) is 0 Å². The van der Waals surface area contributed by atoms with E-state index in [-0.39, 0.29) is 18.3 Å². The molecule has 0 amide bonds. The summed E-state index contributed by atoms with van der Waals surface area (Å²) < 4.78 is 20.0. The van der Waals surface area contributed by atoms with Gasteiger partial charge in [-0.25, -0.2) is 4.68 Å². The fourth-order valence-corrected chi connectivity index (χ4v) is 2.94. The molecule has 0 atom stereocenters. The number of aryl methyl sites for hydroxylation is 1. The monoisotopic (exact) mass is 300 g/mol. The second-order valence-electron chi connectivity index (χ2n) is 7.10. The molecule has 0 radical (unpaired) electrons. The summed E-state index contributed by atoms with van der Waals surface area (Å²) >= 11 is 0. The summed E-state index contributed by atoms with van der Waals surface area (Å²) in [6.45, 7) is 9.93. The quantitative estimate of drug-likeness (QED) is 0.757. The molecule has 5 nitrogen and oxygen atoms in total. The number of hydrogen-bond acceptors (Lipinski definition) is 4. The normalized spacial score (nSPS) is 22.6. The molecule has 116 valence electrons. The van der Waals surface area contributed by atoms with Crippen molar-refractivity contribution >= 4 is 23.5 Å². The van der Waals surface area contributed by atoms with E-state index in [0.717, 1.165) is 41.8 Å². The van der Waals surface area contributed by atoms with Gasteiger partial charge in [-0.05, 0) is 45.3 Å². The van der Waals surface area contributed by atoms with Crippen LogP contribution in [0.4, 0.5) is 0 Å². The van der Waals surface area contributed by atoms with E-state index in [1.807, 2.05) is 16.8 Å². The Balaban J connectivity index is 1.74. The van der Waals surface area contributed by atoms with Crippen molar-refractivity contribution in [2.45, 2.75) is 51.9 Å². The lowest BCUT2D eigenvalue weighted by Gasteiger charge is -2.32. The van der Waals surface area contributed by atoms with Gasteiger partial charge in [0.15, 0.2) is 0 Å². The highest BCUT2D eigenvalue weighted by molar-refractivity contribution is 6.62. The maximum absolute atomic E-state index is 6.13. The zero-order valence-corrected chi connectivity index (χ0v) is 13.5. The minimum Gasteiger partial charge on any atom is -0.477 e. The van der Waals surface area contributed by atoms with E-state index in [9.17, 15) is 0 Å². The first-order valence-electron chi connectivity index (χ1n) is 7.86. The van der Waals surface area contributed by atoms with Gasteiger partial charge in [-0.3, -0.25) is 0 Å². The number of hydrogen-bond donors (Lipinski definition) is 0. The lowest BCUT2D eigenvalue weighted by Crippen LogP contribution is -2.41. The Morgan fingerprint density at radius 2 is 1.86 bits per heavy atom. The SMILES string of the molecule is CC1(C)OB(c2ccc3nn4c(c3c2)OCCC4)OC1(C)C. The maximum Gasteiger partial charge on any atom is 0.494 e. The Kier molecular flexibility index (Phi) is 2.88. The molecule has 1 aromatic heterocycles. The number of aromatic nitrogens is 2. The first kappa shape index (κ1) is 14.1. The van der Waals surface area contributed by atoms with E-state index in [4.69, 9.17) is 14.0 Å². The highest BCUT2D eigenvalue weighted by Crippen LogP contribution is 2.37. The Bertz CT molecular complexity index is 722. The molecule has 1 fully saturated rings. The fourth-order valence-electron chi connectivity index (χ4n) is 2.94. The van der Waals surface area contributed by atoms with Gasteiger partial charge in [-0.1, -0.05) is 6.07 Å². The number of nitrogens with zero attached hydrogens (tertiary/aromatic N) is 2. The average Bonchev–Trinajstić information content (AvgIpc) is 2.93. The van der Waals surface area contributed by atoms with Crippen LogP contribution in [0.25, 0.3) is 10.9 Å². The molecule has 22 heavy (non-hydrogen) atoms. The van der Waals surface area contributed by atoms with Crippen LogP contribution in [0.5, 0.6) is 5.88 Å². The molecule has 2 aliphatic heterocycles. The van der Waals surface area contributed by atoms with Crippen molar-refractivity contribution < 1.29 is 14.0 Å². The maximum atomic E-state index is 6.13. The molecule has 1 saturated heterocycles. The second-order valence-corrected chi connectivity index (χ2v) is 7.10. The van der Waals surface area contributed by atoms with Crippen molar-refractivity contribution in [3.05, 3.63) is 18.2 Å². The molecule has 6 heteroatoms. The van der Waals surface area contributed by atoms with Crippen LogP contribution < -0.4 is 10.2 Å². The van der Waals surface area contributed by atoms with Crippen molar-refractivity contribution in [1.82, 2.24) is 9.78 Å². The molecule has 0 N–H and O–H groups in total. The van der Waals surface area contributed by atoms with Crippen molar-refractivity contribution in [2.75, 3.05) is 6.61 Å². The fraction of sp³-hybridized carbons (Fsp3) is 0.562. The molecule has 0 aliphatic carbocycles. The molecule has 2 aromatic rings. The summed E-state index contributed by atoms with van der Waals surface area (Å²) in [6, 6.07) is 6.13. The third-order valence-electron chi connectivity index (χ3n) is 4.99. The Hall–Kier alpha value is -1.53. The predicted molar refractivity (Wildman–Crippen MR) is 85.6 cm³/mol. The number of rotatable bonds is 1. The van der Waals surface area contributed by atoms with Crippen molar-refractivity contribution in [3.8, 4) is 5.88 Å². The smallest absolute Gasteiger partial charge is 0.477 e. The van der Waals surface area contributed by atoms with E-state index in [2.05, 4.69) is 38.9 Å². The molecule has 2 aliphatic rings. The van der Waals surface area contributed by atoms with Crippen molar-refractivity contribution in [2.24, 2.45) is 0 Å². The largest absolute Gasteiger partial charge is 0.494 e. The van der Waals surface area contributed by atoms with E-state index in [0.29, 0.717) is 0 Å². The first-order valence-corrected chi connectivity index (χ1v) is 7.86. The van der Waals surface area contributed by atoms with Crippen LogP contribution >= 0.6 is 0 Å². The molecule has 3 heterocycles. The highest BCUT2D eigenvalue weighted by Gasteiger charge is 2.51. The number of ether oxygens (including phenoxy) is 1. The van der Waals surface area contributed by atoms with Gasteiger partial charge < -0.3 is 14.0 Å². The average molecular weight is 300 g/mol. The van der Waals surface area contributed by atoms with Gasteiger partial charge in [0.1, 0.15) is 0 Å². The van der Waals surface area contributed by atoms with Crippen molar-refractivity contribution in [3.63, 3.8) is 0 Å². The van der Waals surface area contributed by atoms with Crippen LogP contribution in [0.2, 0.25) is 0 Å². The summed E-state index contributed by atoms with van der Waals surface area (Å²) in [5.74, 6) is 0.861. The molecule has 0 saturated carbocycles. The molecular weight excluding hydrogens is 279 g/mol. The van der Waals surface area contributed by atoms with Crippen LogP contribution in [-0.4, -0.2) is 34.7 Å². The van der Waals surface area contributed by atoms with Gasteiger partial charge in [0.2, 0.25) is 5.88 Å². The van der Waals surface area contributed by atoms with Gasteiger partial charge in [-0.2, -0.15) is 5.10 Å². The molecule has 4 rings (SSSR count). The molecule has 0 unspecified atom stereocenters. The lowest BCUT2D eigenvalue weighted by atomic mass is 9.78. The van der Waals surface area contributed by atoms with Gasteiger partial charge in [0.05, 0.1) is 28.7 Å². The van der Waals surface area contributed by atoms with E-state index in [1.54, 1.807) is 0 Å². The van der Waals surface area contributed by atoms with E-state index < -0.39 is 0 Å². The zero-order valence-electron chi connectivity index (χ0n) is 13.5. The summed E-state index contributed by atoms with van der Waals surface area (Å²) in [7, 11) is -0.353. The number of fused-ring (bicyclic) bond motifs is 3. The molecule has 0 bridgehead atoms. The molecule has 1 aromatic carbocycles. The van der Waals surface area contributed by atoms with Gasteiger partial charge in [0, 0.05) is 13.0 Å². The minimum atomic E-state index is -0.353. The highest BCUT2D eigenvalue weighted by atomic mass is 16.7. The van der Waals surface area contributed by atoms with Crippen LogP contribution in [0.1, 0.15) is 34.1 Å². The third-order valence-corrected chi connectivity index (χ3v) is 4.99. The lowest BCUT2D eigenvalue weighted by molar-refractivity contribution is 0.00578. The Morgan fingerprint density at radius 3 is 2.59 bits per heavy atom. The van der Waals surface area contributed by atoms with Gasteiger partial charge in [0.25, 0.3) is 0 Å².